The number of hydrogen-bond acceptors (Lipinski definition) is 4. The molecule has 2 rings (SSSR count). The molecule has 1 heterocycles. The number of phenolic OH excluding ortho intramolecular Hbond substituents is 1. The zero-order valence-electron chi connectivity index (χ0n) is 11.6. The van der Waals surface area contributed by atoms with Gasteiger partial charge in [-0.3, -0.25) is 4.31 Å². The van der Waals surface area contributed by atoms with Crippen LogP contribution in [0.1, 0.15) is 12.7 Å². The van der Waals surface area contributed by atoms with E-state index < -0.39 is 10.0 Å². The highest BCUT2D eigenvalue weighted by Crippen LogP contribution is 2.23. The van der Waals surface area contributed by atoms with Gasteiger partial charge in [-0.2, -0.15) is 8.42 Å². The Morgan fingerprint density at radius 1 is 1.30 bits per heavy atom. The second kappa shape index (κ2) is 5.16. The molecule has 0 radical (unpaired) electrons. The summed E-state index contributed by atoms with van der Waals surface area (Å²) >= 11 is 0. The van der Waals surface area contributed by atoms with E-state index in [1.165, 1.54) is 37.5 Å². The van der Waals surface area contributed by atoms with Crippen LogP contribution in [0.3, 0.4) is 0 Å². The van der Waals surface area contributed by atoms with E-state index in [2.05, 4.69) is 4.98 Å². The van der Waals surface area contributed by atoms with E-state index >= 15 is 0 Å². The van der Waals surface area contributed by atoms with Crippen LogP contribution < -0.4 is 4.31 Å². The molecule has 0 saturated heterocycles. The highest BCUT2D eigenvalue weighted by Gasteiger charge is 2.24. The van der Waals surface area contributed by atoms with Gasteiger partial charge in [-0.1, -0.05) is 0 Å². The van der Waals surface area contributed by atoms with E-state index in [1.54, 1.807) is 11.5 Å². The van der Waals surface area contributed by atoms with Crippen molar-refractivity contribution in [3.05, 3.63) is 36.3 Å². The van der Waals surface area contributed by atoms with Gasteiger partial charge in [0.2, 0.25) is 0 Å². The number of anilines is 1. The van der Waals surface area contributed by atoms with Crippen molar-refractivity contribution in [1.29, 1.82) is 0 Å². The Kier molecular flexibility index (Phi) is 3.71. The van der Waals surface area contributed by atoms with Crippen molar-refractivity contribution in [3.8, 4) is 5.75 Å². The summed E-state index contributed by atoms with van der Waals surface area (Å²) in [5, 5.41) is 9.27. The van der Waals surface area contributed by atoms with Crippen molar-refractivity contribution < 1.29 is 13.5 Å². The van der Waals surface area contributed by atoms with Crippen LogP contribution in [0, 0.1) is 6.92 Å². The maximum Gasteiger partial charge on any atom is 0.283 e. The summed E-state index contributed by atoms with van der Waals surface area (Å²) in [7, 11) is -2.24. The molecule has 0 bridgehead atoms. The molecular weight excluding hydrogens is 278 g/mol. The Balaban J connectivity index is 2.40. The van der Waals surface area contributed by atoms with Crippen LogP contribution >= 0.6 is 0 Å². The van der Waals surface area contributed by atoms with Gasteiger partial charge in [0.15, 0.2) is 5.03 Å². The van der Waals surface area contributed by atoms with Crippen molar-refractivity contribution in [2.24, 2.45) is 0 Å². The summed E-state index contributed by atoms with van der Waals surface area (Å²) in [5.74, 6) is 0.746. The molecule has 1 N–H and O–H groups in total. The van der Waals surface area contributed by atoms with Gasteiger partial charge in [-0.25, -0.2) is 4.98 Å². The van der Waals surface area contributed by atoms with Crippen molar-refractivity contribution >= 4 is 15.7 Å². The van der Waals surface area contributed by atoms with Crippen LogP contribution in [-0.4, -0.2) is 30.1 Å². The second-order valence-corrected chi connectivity index (χ2v) is 6.32. The largest absolute Gasteiger partial charge is 0.508 e. The number of aryl methyl sites for hydroxylation is 2. The number of benzene rings is 1. The van der Waals surface area contributed by atoms with E-state index in [1.807, 2.05) is 6.92 Å². The van der Waals surface area contributed by atoms with Gasteiger partial charge >= 0.3 is 0 Å². The van der Waals surface area contributed by atoms with Crippen molar-refractivity contribution in [1.82, 2.24) is 9.55 Å². The summed E-state index contributed by atoms with van der Waals surface area (Å²) in [6.45, 7) is 4.36. The maximum atomic E-state index is 12.5. The zero-order chi connectivity index (χ0) is 14.9. The summed E-state index contributed by atoms with van der Waals surface area (Å²) in [6, 6.07) is 5.96. The van der Waals surface area contributed by atoms with E-state index in [9.17, 15) is 13.5 Å². The number of aromatic hydroxyl groups is 1. The highest BCUT2D eigenvalue weighted by molar-refractivity contribution is 7.92. The first-order valence-electron chi connectivity index (χ1n) is 6.18. The van der Waals surface area contributed by atoms with Gasteiger partial charge < -0.3 is 9.67 Å². The first-order valence-corrected chi connectivity index (χ1v) is 7.62. The van der Waals surface area contributed by atoms with Gasteiger partial charge in [0.25, 0.3) is 10.0 Å². The fraction of sp³-hybridized carbons (Fsp3) is 0.308. The lowest BCUT2D eigenvalue weighted by molar-refractivity contribution is 0.475. The monoisotopic (exact) mass is 295 g/mol. The molecule has 1 aromatic heterocycles. The smallest absolute Gasteiger partial charge is 0.283 e. The molecule has 0 fully saturated rings. The second-order valence-electron chi connectivity index (χ2n) is 4.40. The fourth-order valence-corrected chi connectivity index (χ4v) is 3.05. The Labute approximate surface area is 118 Å². The maximum absolute atomic E-state index is 12.5. The first kappa shape index (κ1) is 14.4. The third-order valence-electron chi connectivity index (χ3n) is 3.13. The molecule has 0 aliphatic carbocycles. The van der Waals surface area contributed by atoms with E-state index in [0.717, 1.165) is 4.31 Å². The summed E-state index contributed by atoms with van der Waals surface area (Å²) in [5.41, 5.74) is 0.464. The molecule has 0 saturated carbocycles. The predicted octanol–water partition coefficient (Wildman–Crippen LogP) is 1.74. The highest BCUT2D eigenvalue weighted by atomic mass is 32.2. The number of aromatic nitrogens is 2. The van der Waals surface area contributed by atoms with E-state index in [4.69, 9.17) is 0 Å². The molecule has 0 atom stereocenters. The summed E-state index contributed by atoms with van der Waals surface area (Å²) in [4.78, 5) is 4.10. The minimum absolute atomic E-state index is 0.0208. The van der Waals surface area contributed by atoms with Crippen LogP contribution in [0.2, 0.25) is 0 Å². The molecule has 7 heteroatoms. The molecule has 2 aromatic rings. The average Bonchev–Trinajstić information content (AvgIpc) is 2.80. The predicted molar refractivity (Wildman–Crippen MR) is 76.3 cm³/mol. The summed E-state index contributed by atoms with van der Waals surface area (Å²) < 4.78 is 27.9. The first-order chi connectivity index (χ1) is 9.36. The molecule has 0 aliphatic rings. The minimum atomic E-state index is -3.70. The number of rotatable bonds is 4. The average molecular weight is 295 g/mol. The van der Waals surface area contributed by atoms with E-state index in [0.29, 0.717) is 18.1 Å². The van der Waals surface area contributed by atoms with Gasteiger partial charge in [0.05, 0.1) is 5.69 Å². The number of phenols is 1. The van der Waals surface area contributed by atoms with Gasteiger partial charge in [-0.15, -0.1) is 0 Å². The molecule has 1 aromatic carbocycles. The Bertz CT molecular complexity index is 705. The van der Waals surface area contributed by atoms with Crippen molar-refractivity contribution in [2.75, 3.05) is 11.4 Å². The van der Waals surface area contributed by atoms with Gasteiger partial charge in [-0.05, 0) is 38.1 Å². The van der Waals surface area contributed by atoms with Gasteiger partial charge in [0, 0.05) is 19.8 Å². The SMILES string of the molecule is CCn1cc(S(=O)(=O)N(C)c2ccc(O)cc2)nc1C. The van der Waals surface area contributed by atoms with Crippen LogP contribution in [0.25, 0.3) is 0 Å². The number of nitrogens with zero attached hydrogens (tertiary/aromatic N) is 3. The third kappa shape index (κ3) is 2.49. The molecule has 6 nitrogen and oxygen atoms in total. The van der Waals surface area contributed by atoms with Crippen molar-refractivity contribution in [3.63, 3.8) is 0 Å². The Morgan fingerprint density at radius 2 is 1.90 bits per heavy atom. The summed E-state index contributed by atoms with van der Waals surface area (Å²) in [6.07, 6.45) is 1.53. The molecular formula is C13H17N3O3S. The minimum Gasteiger partial charge on any atom is -0.508 e. The molecule has 0 unspecified atom stereocenters. The normalized spacial score (nSPS) is 11.6. The Hall–Kier alpha value is -2.02. The third-order valence-corrected chi connectivity index (χ3v) is 4.79. The number of imidazole rings is 1. The lowest BCUT2D eigenvalue weighted by Gasteiger charge is -2.17. The molecule has 0 aliphatic heterocycles. The van der Waals surface area contributed by atoms with Crippen LogP contribution in [0.15, 0.2) is 35.5 Å². The number of hydrogen-bond donors (Lipinski definition) is 1. The molecule has 20 heavy (non-hydrogen) atoms. The number of sulfonamides is 1. The fourth-order valence-electron chi connectivity index (χ4n) is 1.87. The lowest BCUT2D eigenvalue weighted by Crippen LogP contribution is -2.26. The lowest BCUT2D eigenvalue weighted by atomic mass is 10.3. The molecule has 0 amide bonds. The van der Waals surface area contributed by atoms with Crippen molar-refractivity contribution in [2.45, 2.75) is 25.4 Å². The standard InChI is InChI=1S/C13H17N3O3S/c1-4-16-9-13(14-10(16)2)20(18,19)15(3)11-5-7-12(17)8-6-11/h5-9,17H,4H2,1-3H3. The van der Waals surface area contributed by atoms with Crippen LogP contribution in [-0.2, 0) is 16.6 Å². The quantitative estimate of drug-likeness (QED) is 0.932. The Morgan fingerprint density at radius 3 is 2.40 bits per heavy atom. The molecule has 108 valence electrons. The zero-order valence-corrected chi connectivity index (χ0v) is 12.4. The topological polar surface area (TPSA) is 75.4 Å². The van der Waals surface area contributed by atoms with Crippen LogP contribution in [0.4, 0.5) is 5.69 Å². The van der Waals surface area contributed by atoms with Gasteiger partial charge in [0.1, 0.15) is 11.6 Å². The van der Waals surface area contributed by atoms with Crippen LogP contribution in [0.5, 0.6) is 5.75 Å². The van der Waals surface area contributed by atoms with E-state index in [-0.39, 0.29) is 10.8 Å². The molecule has 0 spiro atoms.